The van der Waals surface area contributed by atoms with Crippen molar-refractivity contribution in [2.24, 2.45) is 23.7 Å². The molecule has 0 aliphatic heterocycles. The molecular formula is C117H140N2O12P2. The summed E-state index contributed by atoms with van der Waals surface area (Å²) in [4.78, 5) is 26.6. The van der Waals surface area contributed by atoms with Crippen molar-refractivity contribution in [2.45, 2.75) is 167 Å². The molecule has 0 aromatic heterocycles. The molecular weight excluding hydrogens is 1690 g/mol. The van der Waals surface area contributed by atoms with Gasteiger partial charge in [-0.15, -0.1) is 0 Å². The van der Waals surface area contributed by atoms with Gasteiger partial charge in [-0.05, 0) is 254 Å². The Hall–Kier alpha value is -11.7. The summed E-state index contributed by atoms with van der Waals surface area (Å²) in [5.41, 5.74) is 22.6. The number of rotatable bonds is 48. The highest BCUT2D eigenvalue weighted by atomic mass is 31.2. The summed E-state index contributed by atoms with van der Waals surface area (Å²) in [5.74, 6) is 5.28. The molecule has 12 rings (SSSR count). The van der Waals surface area contributed by atoms with Crippen molar-refractivity contribution < 1.29 is 55.8 Å². The molecule has 0 spiro atoms. The third kappa shape index (κ3) is 33.2. The molecule has 0 bridgehead atoms. The number of nitrogens with zero attached hydrogens (tertiary/aromatic N) is 2. The van der Waals surface area contributed by atoms with E-state index in [9.17, 15) is 18.7 Å². The van der Waals surface area contributed by atoms with Crippen LogP contribution in [0, 0.1) is 23.7 Å². The van der Waals surface area contributed by atoms with Gasteiger partial charge in [0.2, 0.25) is 0 Å². The minimum atomic E-state index is -3.39. The molecule has 14 nitrogen and oxygen atoms in total. The first-order valence-electron chi connectivity index (χ1n) is 47.0. The third-order valence-corrected chi connectivity index (χ3v) is 27.1. The summed E-state index contributed by atoms with van der Waals surface area (Å²) in [6.07, 6.45) is 25.9. The standard InChI is InChI=1S/C61H63NO2.C28H23NO2.C27H50O8P2.CH4/c1-6-48-22-30-53(31-23-48)54-34-40-59(41-35-54)62(57-36-26-51(27-37-57)21-20-49-16-9-7-10-17-49)58-38-28-52(29-39-58)25-32-55-45-61(64-43-42-47(4)15-13-14-46(2)3)56(44-60(55)63-5)33-24-50-18-11-8-12-19-50;1-2-21-3-9-24(10-4-21)25-11-17-28(18-12-25)29(26-13-5-22(19-30)6-14-26)27-15-7-23(20-31)8-16-27;1-9-32-36(28,33-10-2)20-24-19-27(31-17-16-23(7)15-13-14-22(5)6)25(18-26(24)30-8)21-37(29,34-11-3)35-12-4;/h7-12,16-41,44-47H,6,13-15,42-43H2,1-5H3;3-20H,2H2,1H3;18-19,22-23H,9-17,20-21H2,1-8H3;1H4. The molecule has 2 unspecified atom stereocenters. The number of aryl methyl sites for hydroxylation is 2. The Morgan fingerprint density at radius 2 is 0.594 bits per heavy atom. The Morgan fingerprint density at radius 3 is 0.917 bits per heavy atom. The van der Waals surface area contributed by atoms with Crippen molar-refractivity contribution in [2.75, 3.05) is 63.7 Å². The lowest BCUT2D eigenvalue weighted by atomic mass is 9.97. The van der Waals surface area contributed by atoms with Crippen LogP contribution in [0.1, 0.15) is 218 Å². The molecule has 133 heavy (non-hydrogen) atoms. The molecule has 12 aromatic carbocycles. The van der Waals surface area contributed by atoms with Gasteiger partial charge in [0, 0.05) is 67.5 Å². The zero-order chi connectivity index (χ0) is 94.0. The fraction of sp³-hybridized carbons (Fsp3) is 0.316. The number of hydrogen-bond donors (Lipinski definition) is 0. The number of hydrogen-bond acceptors (Lipinski definition) is 14. The Kier molecular flexibility index (Phi) is 43.5. The van der Waals surface area contributed by atoms with Crippen LogP contribution in [0.4, 0.5) is 34.1 Å². The van der Waals surface area contributed by atoms with Gasteiger partial charge in [0.15, 0.2) is 0 Å². The molecule has 0 aliphatic carbocycles. The smallest absolute Gasteiger partial charge is 0.335 e. The van der Waals surface area contributed by atoms with Crippen LogP contribution in [0.15, 0.2) is 279 Å². The molecule has 0 heterocycles. The van der Waals surface area contributed by atoms with E-state index in [-0.39, 0.29) is 46.2 Å². The first-order valence-corrected chi connectivity index (χ1v) is 50.4. The zero-order valence-electron chi connectivity index (χ0n) is 79.9. The minimum Gasteiger partial charge on any atom is -0.496 e. The van der Waals surface area contributed by atoms with Crippen LogP contribution in [0.5, 0.6) is 23.0 Å². The van der Waals surface area contributed by atoms with Gasteiger partial charge < -0.3 is 46.8 Å². The molecule has 0 radical (unpaired) electrons. The third-order valence-electron chi connectivity index (χ3n) is 23.0. The molecule has 12 aromatic rings. The van der Waals surface area contributed by atoms with Crippen molar-refractivity contribution in [3.05, 3.63) is 346 Å². The SMILES string of the molecule is C.CCOP(=O)(Cc1cc(OCCC(C)CCCC(C)C)c(CP(=O)(OCC)OCC)cc1OC)OCC.CCc1ccc(-c2ccc(N(c3ccc(C=Cc4ccccc4)cc3)c3ccc(C=Cc4cc(OCCC(C)CCCC(C)C)c(C=Cc5ccccc5)cc4OC)cc3)cc2)cc1.CCc1ccc(-c2ccc(N(c3ccc(C=O)cc3)c3ccc(C=O)cc3)cc2)cc1. The summed E-state index contributed by atoms with van der Waals surface area (Å²) in [6.45, 7) is 27.4. The molecule has 0 N–H and O–H groups in total. The first kappa shape index (κ1) is 105. The van der Waals surface area contributed by atoms with Crippen LogP contribution in [-0.4, -0.2) is 66.4 Å². The van der Waals surface area contributed by atoms with Gasteiger partial charge in [-0.1, -0.05) is 296 Å². The van der Waals surface area contributed by atoms with Gasteiger partial charge in [0.1, 0.15) is 35.6 Å². The highest BCUT2D eigenvalue weighted by Gasteiger charge is 2.31. The van der Waals surface area contributed by atoms with Gasteiger partial charge in [0.05, 0.1) is 66.2 Å². The van der Waals surface area contributed by atoms with Crippen LogP contribution in [0.3, 0.4) is 0 Å². The number of carbonyl (C=O) groups excluding carboxylic acids is 2. The lowest BCUT2D eigenvalue weighted by Gasteiger charge is -2.26. The zero-order valence-corrected chi connectivity index (χ0v) is 81.7. The van der Waals surface area contributed by atoms with E-state index < -0.39 is 15.2 Å². The van der Waals surface area contributed by atoms with E-state index in [0.717, 1.165) is 130 Å². The van der Waals surface area contributed by atoms with Crippen molar-refractivity contribution in [1.82, 2.24) is 0 Å². The summed E-state index contributed by atoms with van der Waals surface area (Å²) in [5, 5.41) is 0. The van der Waals surface area contributed by atoms with Crippen LogP contribution < -0.4 is 28.7 Å². The number of ether oxygens (including phenoxy) is 4. The summed E-state index contributed by atoms with van der Waals surface area (Å²) < 4.78 is 73.1. The quantitative estimate of drug-likeness (QED) is 0.0202. The van der Waals surface area contributed by atoms with Gasteiger partial charge >= 0.3 is 15.2 Å². The van der Waals surface area contributed by atoms with Crippen LogP contribution >= 0.6 is 15.2 Å². The fourth-order valence-electron chi connectivity index (χ4n) is 15.5. The average Bonchev–Trinajstić information content (AvgIpc) is 0.800. The highest BCUT2D eigenvalue weighted by molar-refractivity contribution is 7.53. The molecule has 2 atom stereocenters. The van der Waals surface area contributed by atoms with Gasteiger partial charge in [-0.25, -0.2) is 0 Å². The predicted molar refractivity (Wildman–Crippen MR) is 560 cm³/mol. The van der Waals surface area contributed by atoms with Gasteiger partial charge in [0.25, 0.3) is 0 Å². The summed E-state index contributed by atoms with van der Waals surface area (Å²) >= 11 is 0. The summed E-state index contributed by atoms with van der Waals surface area (Å²) in [6, 6.07) is 95.9. The Labute approximate surface area is 794 Å². The number of carbonyl (C=O) groups is 2. The molecule has 0 saturated carbocycles. The molecule has 0 fully saturated rings. The predicted octanol–water partition coefficient (Wildman–Crippen LogP) is 33.2. The maximum Gasteiger partial charge on any atom is 0.335 e. The van der Waals surface area contributed by atoms with E-state index in [0.29, 0.717) is 64.7 Å². The van der Waals surface area contributed by atoms with Crippen molar-refractivity contribution in [3.63, 3.8) is 0 Å². The van der Waals surface area contributed by atoms with Gasteiger partial charge in [-0.2, -0.15) is 0 Å². The number of benzene rings is 12. The topological polar surface area (TPSA) is 149 Å². The number of methoxy groups -OCH3 is 2. The molecule has 16 heteroatoms. The molecule has 0 amide bonds. The highest BCUT2D eigenvalue weighted by Crippen LogP contribution is 2.56. The fourth-order valence-corrected chi connectivity index (χ4v) is 19.0. The van der Waals surface area contributed by atoms with E-state index in [1.54, 1.807) is 78.3 Å². The lowest BCUT2D eigenvalue weighted by molar-refractivity contribution is 0.111. The van der Waals surface area contributed by atoms with E-state index in [1.165, 1.54) is 65.5 Å². The van der Waals surface area contributed by atoms with Crippen molar-refractivity contribution in [1.29, 1.82) is 0 Å². The number of anilines is 6. The monoisotopic (exact) mass is 1830 g/mol. The van der Waals surface area contributed by atoms with E-state index in [2.05, 4.69) is 308 Å². The number of aldehydes is 2. The largest absolute Gasteiger partial charge is 0.496 e. The maximum absolute atomic E-state index is 13.3. The first-order chi connectivity index (χ1) is 64.1. The van der Waals surface area contributed by atoms with E-state index >= 15 is 0 Å². The molecule has 700 valence electrons. The maximum atomic E-state index is 13.3. The van der Waals surface area contributed by atoms with Crippen molar-refractivity contribution >= 4 is 98.3 Å². The minimum absolute atomic E-state index is 0. The Balaban J connectivity index is 0.000000244. The van der Waals surface area contributed by atoms with Crippen LogP contribution in [0.25, 0.3) is 58.7 Å². The lowest BCUT2D eigenvalue weighted by Crippen LogP contribution is -2.10. The molecule has 0 aliphatic rings. The van der Waals surface area contributed by atoms with Crippen LogP contribution in [-0.2, 0) is 52.4 Å². The second-order valence-electron chi connectivity index (χ2n) is 34.0. The Bertz CT molecular complexity index is 5580. The van der Waals surface area contributed by atoms with E-state index in [1.807, 2.05) is 36.4 Å². The molecule has 0 saturated heterocycles. The van der Waals surface area contributed by atoms with Crippen LogP contribution in [0.2, 0.25) is 0 Å². The Morgan fingerprint density at radius 1 is 0.308 bits per heavy atom. The van der Waals surface area contributed by atoms with Crippen molar-refractivity contribution in [3.8, 4) is 45.3 Å². The van der Waals surface area contributed by atoms with E-state index in [4.69, 9.17) is 37.0 Å². The summed E-state index contributed by atoms with van der Waals surface area (Å²) in [7, 11) is -3.49. The second-order valence-corrected chi connectivity index (χ2v) is 38.1. The average molecular weight is 1830 g/mol. The normalized spacial score (nSPS) is 11.9. The van der Waals surface area contributed by atoms with Gasteiger partial charge in [-0.3, -0.25) is 18.7 Å². The second kappa shape index (κ2) is 55.1.